The Balaban J connectivity index is 2.16. The lowest BCUT2D eigenvalue weighted by molar-refractivity contribution is 0.858. The molecule has 1 N–H and O–H groups in total. The monoisotopic (exact) mass is 310 g/mol. The zero-order valence-electron chi connectivity index (χ0n) is 11.6. The average molecular weight is 311 g/mol. The van der Waals surface area contributed by atoms with Gasteiger partial charge in [0.25, 0.3) is 0 Å². The van der Waals surface area contributed by atoms with Gasteiger partial charge >= 0.3 is 0 Å². The third-order valence-corrected chi connectivity index (χ3v) is 3.63. The van der Waals surface area contributed by atoms with E-state index in [4.69, 9.17) is 23.2 Å². The molecule has 1 aromatic heterocycles. The molecule has 6 heteroatoms. The van der Waals surface area contributed by atoms with E-state index in [0.29, 0.717) is 16.0 Å². The molecule has 2 rings (SSSR count). The summed E-state index contributed by atoms with van der Waals surface area (Å²) in [6.45, 7) is 2.02. The largest absolute Gasteiger partial charge is 0.363 e. The van der Waals surface area contributed by atoms with Crippen LogP contribution in [0.4, 0.5) is 11.8 Å². The van der Waals surface area contributed by atoms with Crippen molar-refractivity contribution in [2.75, 3.05) is 24.3 Å². The second kappa shape index (κ2) is 6.29. The van der Waals surface area contributed by atoms with Crippen LogP contribution in [-0.2, 0) is 0 Å². The summed E-state index contributed by atoms with van der Waals surface area (Å²) in [5.41, 5.74) is 1.03. The predicted molar refractivity (Wildman–Crippen MR) is 84.9 cm³/mol. The molecular formula is C14H16Cl2N4. The summed E-state index contributed by atoms with van der Waals surface area (Å²) in [7, 11) is 3.88. The molecule has 0 bridgehead atoms. The van der Waals surface area contributed by atoms with Crippen molar-refractivity contribution >= 4 is 35.0 Å². The van der Waals surface area contributed by atoms with Crippen molar-refractivity contribution in [1.82, 2.24) is 9.97 Å². The molecule has 1 atom stereocenters. The van der Waals surface area contributed by atoms with E-state index in [0.717, 1.165) is 11.4 Å². The summed E-state index contributed by atoms with van der Waals surface area (Å²) in [5, 5.41) is 4.34. The van der Waals surface area contributed by atoms with Gasteiger partial charge in [-0.25, -0.2) is 4.98 Å². The van der Waals surface area contributed by atoms with Crippen LogP contribution in [0.5, 0.6) is 0 Å². The minimum Gasteiger partial charge on any atom is -0.363 e. The van der Waals surface area contributed by atoms with Gasteiger partial charge in [-0.1, -0.05) is 29.3 Å². The molecule has 0 amide bonds. The van der Waals surface area contributed by atoms with Crippen molar-refractivity contribution < 1.29 is 0 Å². The number of nitrogens with zero attached hydrogens (tertiary/aromatic N) is 3. The maximum Gasteiger partial charge on any atom is 0.225 e. The summed E-state index contributed by atoms with van der Waals surface area (Å²) < 4.78 is 0. The van der Waals surface area contributed by atoms with Crippen LogP contribution in [0.15, 0.2) is 30.5 Å². The van der Waals surface area contributed by atoms with Gasteiger partial charge in [-0.05, 0) is 30.7 Å². The fourth-order valence-electron chi connectivity index (χ4n) is 1.73. The number of aromatic nitrogens is 2. The van der Waals surface area contributed by atoms with Crippen molar-refractivity contribution in [2.45, 2.75) is 13.0 Å². The Labute approximate surface area is 128 Å². The van der Waals surface area contributed by atoms with Gasteiger partial charge in [-0.15, -0.1) is 0 Å². The zero-order chi connectivity index (χ0) is 14.7. The normalized spacial score (nSPS) is 12.1. The highest BCUT2D eigenvalue weighted by Crippen LogP contribution is 2.26. The first-order valence-corrected chi connectivity index (χ1v) is 6.95. The first-order chi connectivity index (χ1) is 9.47. The van der Waals surface area contributed by atoms with E-state index in [-0.39, 0.29) is 6.04 Å². The van der Waals surface area contributed by atoms with Crippen molar-refractivity contribution in [2.24, 2.45) is 0 Å². The fourth-order valence-corrected chi connectivity index (χ4v) is 2.03. The summed E-state index contributed by atoms with van der Waals surface area (Å²) in [5.74, 6) is 1.43. The summed E-state index contributed by atoms with van der Waals surface area (Å²) in [4.78, 5) is 10.6. The molecule has 0 aliphatic carbocycles. The molecule has 0 radical (unpaired) electrons. The van der Waals surface area contributed by atoms with Gasteiger partial charge in [0.1, 0.15) is 5.82 Å². The quantitative estimate of drug-likeness (QED) is 0.926. The van der Waals surface area contributed by atoms with E-state index in [1.807, 2.05) is 44.1 Å². The number of halogens is 2. The van der Waals surface area contributed by atoms with E-state index < -0.39 is 0 Å². The zero-order valence-corrected chi connectivity index (χ0v) is 13.1. The van der Waals surface area contributed by atoms with Crippen LogP contribution in [0, 0.1) is 0 Å². The lowest BCUT2D eigenvalue weighted by Gasteiger charge is -2.17. The average Bonchev–Trinajstić information content (AvgIpc) is 2.42. The Morgan fingerprint density at radius 1 is 1.15 bits per heavy atom. The highest BCUT2D eigenvalue weighted by Gasteiger charge is 2.09. The van der Waals surface area contributed by atoms with Crippen molar-refractivity contribution in [3.63, 3.8) is 0 Å². The lowest BCUT2D eigenvalue weighted by atomic mass is 10.1. The molecule has 0 saturated heterocycles. The number of rotatable bonds is 4. The number of nitrogens with one attached hydrogen (secondary N) is 1. The number of anilines is 2. The number of benzene rings is 1. The molecular weight excluding hydrogens is 295 g/mol. The van der Waals surface area contributed by atoms with E-state index in [1.165, 1.54) is 0 Å². The van der Waals surface area contributed by atoms with Crippen LogP contribution in [-0.4, -0.2) is 24.1 Å². The molecule has 1 heterocycles. The minimum atomic E-state index is 0.0298. The number of hydrogen-bond donors (Lipinski definition) is 1. The van der Waals surface area contributed by atoms with Crippen LogP contribution in [0.25, 0.3) is 0 Å². The molecule has 1 aromatic carbocycles. The Morgan fingerprint density at radius 2 is 1.90 bits per heavy atom. The highest BCUT2D eigenvalue weighted by atomic mass is 35.5. The van der Waals surface area contributed by atoms with E-state index >= 15 is 0 Å². The van der Waals surface area contributed by atoms with Crippen LogP contribution >= 0.6 is 23.2 Å². The number of hydrogen-bond acceptors (Lipinski definition) is 4. The molecule has 0 saturated carbocycles. The Kier molecular flexibility index (Phi) is 4.68. The van der Waals surface area contributed by atoms with Crippen molar-refractivity contribution in [3.05, 3.63) is 46.1 Å². The van der Waals surface area contributed by atoms with Gasteiger partial charge in [0.2, 0.25) is 5.95 Å². The van der Waals surface area contributed by atoms with E-state index in [9.17, 15) is 0 Å². The minimum absolute atomic E-state index is 0.0298. The summed E-state index contributed by atoms with van der Waals surface area (Å²) in [6, 6.07) is 7.45. The summed E-state index contributed by atoms with van der Waals surface area (Å²) in [6.07, 6.45) is 1.73. The molecule has 0 fully saturated rings. The van der Waals surface area contributed by atoms with E-state index in [1.54, 1.807) is 12.3 Å². The maximum atomic E-state index is 6.03. The van der Waals surface area contributed by atoms with Gasteiger partial charge in [-0.3, -0.25) is 0 Å². The van der Waals surface area contributed by atoms with Gasteiger partial charge in [0, 0.05) is 20.3 Å². The Bertz CT molecular complexity index is 601. The first kappa shape index (κ1) is 14.9. The van der Waals surface area contributed by atoms with Crippen molar-refractivity contribution in [3.8, 4) is 0 Å². The topological polar surface area (TPSA) is 41.1 Å². The van der Waals surface area contributed by atoms with Crippen LogP contribution in [0.3, 0.4) is 0 Å². The van der Waals surface area contributed by atoms with Gasteiger partial charge in [-0.2, -0.15) is 4.98 Å². The molecule has 1 unspecified atom stereocenters. The second-order valence-electron chi connectivity index (χ2n) is 4.67. The smallest absolute Gasteiger partial charge is 0.225 e. The van der Waals surface area contributed by atoms with Gasteiger partial charge < -0.3 is 10.2 Å². The Morgan fingerprint density at radius 3 is 2.55 bits per heavy atom. The summed E-state index contributed by atoms with van der Waals surface area (Å²) >= 11 is 11.9. The highest BCUT2D eigenvalue weighted by molar-refractivity contribution is 6.42. The van der Waals surface area contributed by atoms with Crippen LogP contribution in [0.1, 0.15) is 18.5 Å². The third-order valence-electron chi connectivity index (χ3n) is 2.89. The second-order valence-corrected chi connectivity index (χ2v) is 5.49. The lowest BCUT2D eigenvalue weighted by Crippen LogP contribution is -2.14. The third kappa shape index (κ3) is 3.52. The molecule has 0 aliphatic rings. The van der Waals surface area contributed by atoms with Gasteiger partial charge in [0.05, 0.1) is 16.1 Å². The molecule has 4 nitrogen and oxygen atoms in total. The first-order valence-electron chi connectivity index (χ1n) is 6.19. The maximum absolute atomic E-state index is 6.03. The molecule has 2 aromatic rings. The van der Waals surface area contributed by atoms with E-state index in [2.05, 4.69) is 15.3 Å². The van der Waals surface area contributed by atoms with Crippen LogP contribution in [0.2, 0.25) is 10.0 Å². The molecule has 20 heavy (non-hydrogen) atoms. The molecule has 106 valence electrons. The Hall–Kier alpha value is -1.52. The molecule has 0 aliphatic heterocycles. The SMILES string of the molecule is CC(Nc1nccc(N(C)C)n1)c1ccc(Cl)c(Cl)c1. The van der Waals surface area contributed by atoms with Crippen molar-refractivity contribution in [1.29, 1.82) is 0 Å². The fraction of sp³-hybridized carbons (Fsp3) is 0.286. The molecule has 0 spiro atoms. The van der Waals surface area contributed by atoms with Gasteiger partial charge in [0.15, 0.2) is 0 Å². The standard InChI is InChI=1S/C14H16Cl2N4/c1-9(10-4-5-11(15)12(16)8-10)18-14-17-7-6-13(19-14)20(2)3/h4-9H,1-3H3,(H,17,18,19). The predicted octanol–water partition coefficient (Wildman–Crippen LogP) is 4.02. The van der Waals surface area contributed by atoms with Crippen LogP contribution < -0.4 is 10.2 Å².